The number of aryl methyl sites for hydroxylation is 1. The Bertz CT molecular complexity index is 1240. The molecule has 8 nitrogen and oxygen atoms in total. The van der Waals surface area contributed by atoms with Crippen LogP contribution in [0.2, 0.25) is 0 Å². The van der Waals surface area contributed by atoms with Gasteiger partial charge >= 0.3 is 0 Å². The second-order valence-electron chi connectivity index (χ2n) is 7.52. The highest BCUT2D eigenvalue weighted by Crippen LogP contribution is 2.43. The van der Waals surface area contributed by atoms with Gasteiger partial charge in [0.15, 0.2) is 5.65 Å². The van der Waals surface area contributed by atoms with Gasteiger partial charge in [-0.2, -0.15) is 5.10 Å². The zero-order chi connectivity index (χ0) is 20.7. The molecule has 1 N–H and O–H groups in total. The monoisotopic (exact) mass is 405 g/mol. The Morgan fingerprint density at radius 1 is 1.20 bits per heavy atom. The molecule has 1 fully saturated rings. The lowest BCUT2D eigenvalue weighted by atomic mass is 10.1. The number of halogens is 1. The fourth-order valence-electron chi connectivity index (χ4n) is 3.68. The number of carbonyl (C=O) groups excluding carboxylic acids is 1. The molecule has 9 heteroatoms. The van der Waals surface area contributed by atoms with E-state index in [4.69, 9.17) is 0 Å². The van der Waals surface area contributed by atoms with E-state index in [1.54, 1.807) is 29.1 Å². The number of nitrogens with zero attached hydrogens (tertiary/aromatic N) is 6. The standard InChI is InChI=1S/C21H20FN7O/c1-13-19-16(14-6-7-14)8-9-23-20(19)29(26-13)11-18(30)25-21-24-12-28(27-21)10-15-4-2-3-5-17(15)22/h2-5,8-9,12,14H,6-7,10-11H2,1H3,(H,25,27,30). The first-order valence-electron chi connectivity index (χ1n) is 9.83. The normalized spacial score (nSPS) is 13.7. The van der Waals surface area contributed by atoms with Crippen LogP contribution in [0.3, 0.4) is 0 Å². The van der Waals surface area contributed by atoms with Crippen molar-refractivity contribution >= 4 is 22.9 Å². The Kier molecular flexibility index (Phi) is 4.50. The minimum Gasteiger partial charge on any atom is -0.292 e. The molecule has 1 aromatic carbocycles. The molecule has 0 spiro atoms. The topological polar surface area (TPSA) is 90.5 Å². The molecule has 0 aliphatic heterocycles. The van der Waals surface area contributed by atoms with E-state index in [1.807, 2.05) is 13.0 Å². The van der Waals surface area contributed by atoms with Gasteiger partial charge in [-0.3, -0.25) is 10.1 Å². The predicted octanol–water partition coefficient (Wildman–Crippen LogP) is 3.03. The van der Waals surface area contributed by atoms with E-state index >= 15 is 0 Å². The molecule has 0 radical (unpaired) electrons. The Hall–Kier alpha value is -3.62. The minimum atomic E-state index is -0.308. The van der Waals surface area contributed by atoms with E-state index < -0.39 is 0 Å². The number of fused-ring (bicyclic) bond motifs is 1. The van der Waals surface area contributed by atoms with Gasteiger partial charge < -0.3 is 0 Å². The number of carbonyl (C=O) groups is 1. The summed E-state index contributed by atoms with van der Waals surface area (Å²) < 4.78 is 16.9. The first-order chi connectivity index (χ1) is 14.6. The fraction of sp³-hybridized carbons (Fsp3) is 0.286. The molecule has 5 rings (SSSR count). The maximum atomic E-state index is 13.8. The van der Waals surface area contributed by atoms with Crippen LogP contribution >= 0.6 is 0 Å². The van der Waals surface area contributed by atoms with E-state index in [1.165, 1.54) is 35.5 Å². The molecule has 0 bridgehead atoms. The second-order valence-corrected chi connectivity index (χ2v) is 7.52. The van der Waals surface area contributed by atoms with Crippen LogP contribution in [-0.4, -0.2) is 35.4 Å². The molecule has 0 atom stereocenters. The van der Waals surface area contributed by atoms with E-state index in [0.29, 0.717) is 17.1 Å². The van der Waals surface area contributed by atoms with Gasteiger partial charge in [0.05, 0.1) is 12.2 Å². The van der Waals surface area contributed by atoms with Gasteiger partial charge in [-0.05, 0) is 43.4 Å². The number of rotatable bonds is 6. The number of hydrogen-bond acceptors (Lipinski definition) is 5. The van der Waals surface area contributed by atoms with Crippen LogP contribution in [0.15, 0.2) is 42.9 Å². The number of pyridine rings is 1. The number of hydrogen-bond donors (Lipinski definition) is 1. The minimum absolute atomic E-state index is 0.00726. The highest BCUT2D eigenvalue weighted by Gasteiger charge is 2.27. The van der Waals surface area contributed by atoms with Crippen molar-refractivity contribution in [3.05, 3.63) is 65.5 Å². The van der Waals surface area contributed by atoms with Crippen LogP contribution in [-0.2, 0) is 17.9 Å². The predicted molar refractivity (Wildman–Crippen MR) is 108 cm³/mol. The van der Waals surface area contributed by atoms with Crippen LogP contribution < -0.4 is 5.32 Å². The van der Waals surface area contributed by atoms with Crippen LogP contribution in [0.4, 0.5) is 10.3 Å². The fourth-order valence-corrected chi connectivity index (χ4v) is 3.68. The van der Waals surface area contributed by atoms with E-state index in [-0.39, 0.29) is 30.8 Å². The summed E-state index contributed by atoms with van der Waals surface area (Å²) in [6.45, 7) is 2.18. The van der Waals surface area contributed by atoms with Crippen LogP contribution in [0.25, 0.3) is 11.0 Å². The molecule has 4 aromatic rings. The largest absolute Gasteiger partial charge is 0.292 e. The van der Waals surface area contributed by atoms with Crippen molar-refractivity contribution in [3.8, 4) is 0 Å². The number of anilines is 1. The third-order valence-electron chi connectivity index (χ3n) is 5.23. The summed E-state index contributed by atoms with van der Waals surface area (Å²) >= 11 is 0. The van der Waals surface area contributed by atoms with E-state index in [0.717, 1.165) is 11.1 Å². The van der Waals surface area contributed by atoms with Gasteiger partial charge in [0.2, 0.25) is 11.9 Å². The van der Waals surface area contributed by atoms with Gasteiger partial charge in [-0.25, -0.2) is 23.7 Å². The van der Waals surface area contributed by atoms with E-state index in [2.05, 4.69) is 25.5 Å². The highest BCUT2D eigenvalue weighted by molar-refractivity contribution is 5.90. The lowest BCUT2D eigenvalue weighted by molar-refractivity contribution is -0.116. The lowest BCUT2D eigenvalue weighted by Gasteiger charge is -2.04. The maximum Gasteiger partial charge on any atom is 0.248 e. The van der Waals surface area contributed by atoms with Crippen LogP contribution in [0.5, 0.6) is 0 Å². The summed E-state index contributed by atoms with van der Waals surface area (Å²) in [5.41, 5.74) is 3.35. The quantitative estimate of drug-likeness (QED) is 0.533. The molecular formula is C21H20FN7O. The summed E-state index contributed by atoms with van der Waals surface area (Å²) in [7, 11) is 0. The molecule has 1 aliphatic rings. The van der Waals surface area contributed by atoms with Crippen molar-refractivity contribution in [2.75, 3.05) is 5.32 Å². The molecule has 1 aliphatic carbocycles. The average Bonchev–Trinajstić information content (AvgIpc) is 3.41. The van der Waals surface area contributed by atoms with Gasteiger partial charge in [0, 0.05) is 17.1 Å². The molecule has 1 saturated carbocycles. The Morgan fingerprint density at radius 2 is 2.03 bits per heavy atom. The van der Waals surface area contributed by atoms with E-state index in [9.17, 15) is 9.18 Å². The number of nitrogens with one attached hydrogen (secondary N) is 1. The average molecular weight is 405 g/mol. The molecular weight excluding hydrogens is 385 g/mol. The van der Waals surface area contributed by atoms with Gasteiger partial charge in [-0.15, -0.1) is 5.10 Å². The number of benzene rings is 1. The third-order valence-corrected chi connectivity index (χ3v) is 5.23. The summed E-state index contributed by atoms with van der Waals surface area (Å²) in [5.74, 6) is 0.124. The number of aromatic nitrogens is 6. The Labute approximate surface area is 171 Å². The van der Waals surface area contributed by atoms with Crippen LogP contribution in [0, 0.1) is 12.7 Å². The summed E-state index contributed by atoms with van der Waals surface area (Å²) in [5, 5.41) is 12.4. The van der Waals surface area contributed by atoms with Crippen molar-refractivity contribution in [1.82, 2.24) is 29.5 Å². The van der Waals surface area contributed by atoms with Crippen molar-refractivity contribution in [2.45, 2.75) is 38.8 Å². The first-order valence-corrected chi connectivity index (χ1v) is 9.83. The zero-order valence-corrected chi connectivity index (χ0v) is 16.4. The van der Waals surface area contributed by atoms with Gasteiger partial charge in [0.25, 0.3) is 0 Å². The molecule has 1 amide bonds. The smallest absolute Gasteiger partial charge is 0.248 e. The molecule has 3 aromatic heterocycles. The second kappa shape index (κ2) is 7.33. The van der Waals surface area contributed by atoms with Crippen molar-refractivity contribution < 1.29 is 9.18 Å². The highest BCUT2D eigenvalue weighted by atomic mass is 19.1. The summed E-state index contributed by atoms with van der Waals surface area (Å²) in [4.78, 5) is 21.1. The maximum absolute atomic E-state index is 13.8. The van der Waals surface area contributed by atoms with Crippen molar-refractivity contribution in [3.63, 3.8) is 0 Å². The number of amides is 1. The Balaban J connectivity index is 1.30. The molecule has 30 heavy (non-hydrogen) atoms. The summed E-state index contributed by atoms with van der Waals surface area (Å²) in [6.07, 6.45) is 5.60. The molecule has 152 valence electrons. The van der Waals surface area contributed by atoms with Gasteiger partial charge in [0.1, 0.15) is 18.7 Å². The van der Waals surface area contributed by atoms with Gasteiger partial charge in [-0.1, -0.05) is 18.2 Å². The molecule has 3 heterocycles. The zero-order valence-electron chi connectivity index (χ0n) is 16.4. The van der Waals surface area contributed by atoms with Crippen LogP contribution in [0.1, 0.15) is 35.6 Å². The van der Waals surface area contributed by atoms with Crippen molar-refractivity contribution in [1.29, 1.82) is 0 Å². The third kappa shape index (κ3) is 3.54. The summed E-state index contributed by atoms with van der Waals surface area (Å²) in [6, 6.07) is 8.52. The Morgan fingerprint density at radius 3 is 2.83 bits per heavy atom. The van der Waals surface area contributed by atoms with Crippen molar-refractivity contribution in [2.24, 2.45) is 0 Å². The molecule has 0 saturated heterocycles. The SMILES string of the molecule is Cc1nn(CC(=O)Nc2ncn(Cc3ccccc3F)n2)c2nccc(C3CC3)c12. The lowest BCUT2D eigenvalue weighted by Crippen LogP contribution is -2.20. The first kappa shape index (κ1) is 18.4. The molecule has 0 unspecified atom stereocenters.